The molecule has 2 unspecified atom stereocenters. The molecule has 0 saturated carbocycles. The SMILES string of the molecule is CC(C(O)c1ccccc1)N1CCN(C(=O)c2ccco2)CC1. The summed E-state index contributed by atoms with van der Waals surface area (Å²) >= 11 is 0. The molecule has 122 valence electrons. The number of amides is 1. The van der Waals surface area contributed by atoms with Gasteiger partial charge in [0.25, 0.3) is 5.91 Å². The van der Waals surface area contributed by atoms with E-state index in [2.05, 4.69) is 4.90 Å². The minimum absolute atomic E-state index is 0.0123. The lowest BCUT2D eigenvalue weighted by Crippen LogP contribution is -2.52. The number of aliphatic hydroxyl groups excluding tert-OH is 1. The number of hydrogen-bond acceptors (Lipinski definition) is 4. The van der Waals surface area contributed by atoms with Crippen LogP contribution in [0.4, 0.5) is 0 Å². The number of aliphatic hydroxyl groups is 1. The molecular weight excluding hydrogens is 292 g/mol. The van der Waals surface area contributed by atoms with Crippen LogP contribution in [0, 0.1) is 0 Å². The second-order valence-electron chi connectivity index (χ2n) is 5.90. The van der Waals surface area contributed by atoms with Crippen molar-refractivity contribution >= 4 is 5.91 Å². The van der Waals surface area contributed by atoms with Crippen molar-refractivity contribution in [2.45, 2.75) is 19.1 Å². The molecule has 5 heteroatoms. The standard InChI is InChI=1S/C18H22N2O3/c1-14(17(21)15-6-3-2-4-7-15)19-9-11-20(12-10-19)18(22)16-8-5-13-23-16/h2-8,13-14,17,21H,9-12H2,1H3. The minimum atomic E-state index is -0.525. The van der Waals surface area contributed by atoms with Crippen molar-refractivity contribution in [2.24, 2.45) is 0 Å². The van der Waals surface area contributed by atoms with Gasteiger partial charge in [-0.1, -0.05) is 30.3 Å². The van der Waals surface area contributed by atoms with Gasteiger partial charge in [-0.2, -0.15) is 0 Å². The van der Waals surface area contributed by atoms with Gasteiger partial charge >= 0.3 is 0 Å². The zero-order chi connectivity index (χ0) is 16.2. The lowest BCUT2D eigenvalue weighted by Gasteiger charge is -2.39. The van der Waals surface area contributed by atoms with E-state index in [4.69, 9.17) is 4.42 Å². The molecule has 0 radical (unpaired) electrons. The van der Waals surface area contributed by atoms with Crippen molar-refractivity contribution in [3.05, 3.63) is 60.1 Å². The number of piperazine rings is 1. The molecule has 5 nitrogen and oxygen atoms in total. The molecule has 1 saturated heterocycles. The van der Waals surface area contributed by atoms with Crippen LogP contribution in [-0.4, -0.2) is 53.0 Å². The van der Waals surface area contributed by atoms with Gasteiger partial charge in [-0.05, 0) is 24.6 Å². The Kier molecular flexibility index (Phi) is 4.79. The molecule has 1 aromatic carbocycles. The Hall–Kier alpha value is -2.11. The van der Waals surface area contributed by atoms with Crippen LogP contribution < -0.4 is 0 Å². The lowest BCUT2D eigenvalue weighted by molar-refractivity contribution is 0.0233. The summed E-state index contributed by atoms with van der Waals surface area (Å²) in [4.78, 5) is 16.3. The fourth-order valence-electron chi connectivity index (χ4n) is 3.02. The number of carbonyl (C=O) groups excluding carboxylic acids is 1. The zero-order valence-corrected chi connectivity index (χ0v) is 13.3. The van der Waals surface area contributed by atoms with E-state index in [1.807, 2.05) is 37.3 Å². The van der Waals surface area contributed by atoms with Gasteiger partial charge in [-0.25, -0.2) is 0 Å². The molecule has 2 atom stereocenters. The lowest BCUT2D eigenvalue weighted by atomic mass is 10.0. The van der Waals surface area contributed by atoms with Crippen LogP contribution in [-0.2, 0) is 0 Å². The highest BCUT2D eigenvalue weighted by Crippen LogP contribution is 2.22. The second kappa shape index (κ2) is 6.98. The molecule has 1 amide bonds. The summed E-state index contributed by atoms with van der Waals surface area (Å²) in [7, 11) is 0. The normalized spacial score (nSPS) is 18.6. The van der Waals surface area contributed by atoms with E-state index in [9.17, 15) is 9.90 Å². The van der Waals surface area contributed by atoms with Crippen molar-refractivity contribution in [1.29, 1.82) is 0 Å². The number of nitrogens with zero attached hydrogens (tertiary/aromatic N) is 2. The van der Waals surface area contributed by atoms with Gasteiger partial charge in [-0.3, -0.25) is 9.69 Å². The molecule has 0 aliphatic carbocycles. The van der Waals surface area contributed by atoms with Crippen LogP contribution in [0.25, 0.3) is 0 Å². The summed E-state index contributed by atoms with van der Waals surface area (Å²) in [6.07, 6.45) is 0.991. The fraction of sp³-hybridized carbons (Fsp3) is 0.389. The van der Waals surface area contributed by atoms with Crippen molar-refractivity contribution < 1.29 is 14.3 Å². The number of furan rings is 1. The van der Waals surface area contributed by atoms with E-state index >= 15 is 0 Å². The first-order valence-electron chi connectivity index (χ1n) is 7.96. The highest BCUT2D eigenvalue weighted by Gasteiger charge is 2.29. The Balaban J connectivity index is 1.57. The van der Waals surface area contributed by atoms with Crippen LogP contribution >= 0.6 is 0 Å². The summed E-state index contributed by atoms with van der Waals surface area (Å²) in [6.45, 7) is 4.81. The maximum atomic E-state index is 12.3. The maximum absolute atomic E-state index is 12.3. The van der Waals surface area contributed by atoms with Crippen molar-refractivity contribution in [3.63, 3.8) is 0 Å². The van der Waals surface area contributed by atoms with Crippen LogP contribution in [0.3, 0.4) is 0 Å². The van der Waals surface area contributed by atoms with Gasteiger partial charge in [0, 0.05) is 32.2 Å². The average molecular weight is 314 g/mol. The maximum Gasteiger partial charge on any atom is 0.289 e. The summed E-state index contributed by atoms with van der Waals surface area (Å²) in [5.74, 6) is 0.321. The molecule has 3 rings (SSSR count). The van der Waals surface area contributed by atoms with Gasteiger partial charge in [-0.15, -0.1) is 0 Å². The predicted octanol–water partition coefficient (Wildman–Crippen LogP) is 2.16. The highest BCUT2D eigenvalue weighted by atomic mass is 16.3. The molecule has 1 aromatic heterocycles. The van der Waals surface area contributed by atoms with Crippen LogP contribution in [0.1, 0.15) is 29.1 Å². The van der Waals surface area contributed by atoms with Gasteiger partial charge in [0.2, 0.25) is 0 Å². The molecule has 2 heterocycles. The van der Waals surface area contributed by atoms with Crippen molar-refractivity contribution in [1.82, 2.24) is 9.80 Å². The van der Waals surface area contributed by atoms with E-state index < -0.39 is 6.10 Å². The van der Waals surface area contributed by atoms with Gasteiger partial charge in [0.1, 0.15) is 0 Å². The molecule has 1 fully saturated rings. The Bertz CT molecular complexity index is 619. The van der Waals surface area contributed by atoms with Crippen LogP contribution in [0.5, 0.6) is 0 Å². The number of rotatable bonds is 4. The number of benzene rings is 1. The molecular formula is C18H22N2O3. The highest BCUT2D eigenvalue weighted by molar-refractivity contribution is 5.91. The van der Waals surface area contributed by atoms with E-state index in [0.717, 1.165) is 18.7 Å². The van der Waals surface area contributed by atoms with Crippen molar-refractivity contribution in [2.75, 3.05) is 26.2 Å². The monoisotopic (exact) mass is 314 g/mol. The molecule has 23 heavy (non-hydrogen) atoms. The molecule has 2 aromatic rings. The average Bonchev–Trinajstić information content (AvgIpc) is 3.15. The summed E-state index contributed by atoms with van der Waals surface area (Å²) in [6, 6.07) is 13.1. The molecule has 0 bridgehead atoms. The Morgan fingerprint density at radius 1 is 1.09 bits per heavy atom. The first-order valence-corrected chi connectivity index (χ1v) is 7.96. The zero-order valence-electron chi connectivity index (χ0n) is 13.3. The van der Waals surface area contributed by atoms with E-state index in [1.54, 1.807) is 17.0 Å². The summed E-state index contributed by atoms with van der Waals surface area (Å²) in [5.41, 5.74) is 0.925. The fourth-order valence-corrected chi connectivity index (χ4v) is 3.02. The van der Waals surface area contributed by atoms with Crippen molar-refractivity contribution in [3.8, 4) is 0 Å². The molecule has 1 aliphatic rings. The minimum Gasteiger partial charge on any atom is -0.459 e. The first kappa shape index (κ1) is 15.8. The molecule has 1 aliphatic heterocycles. The largest absolute Gasteiger partial charge is 0.459 e. The second-order valence-corrected chi connectivity index (χ2v) is 5.90. The predicted molar refractivity (Wildman–Crippen MR) is 87.0 cm³/mol. The van der Waals surface area contributed by atoms with E-state index in [1.165, 1.54) is 6.26 Å². The third-order valence-corrected chi connectivity index (χ3v) is 4.51. The van der Waals surface area contributed by atoms with Crippen LogP contribution in [0.15, 0.2) is 53.1 Å². The number of carbonyl (C=O) groups is 1. The molecule has 0 spiro atoms. The number of hydrogen-bond donors (Lipinski definition) is 1. The topological polar surface area (TPSA) is 56.9 Å². The van der Waals surface area contributed by atoms with Crippen LogP contribution in [0.2, 0.25) is 0 Å². The first-order chi connectivity index (χ1) is 11.2. The Morgan fingerprint density at radius 2 is 1.78 bits per heavy atom. The summed E-state index contributed by atoms with van der Waals surface area (Å²) < 4.78 is 5.17. The van der Waals surface area contributed by atoms with Gasteiger partial charge in [0.15, 0.2) is 5.76 Å². The Morgan fingerprint density at radius 3 is 2.39 bits per heavy atom. The Labute approximate surface area is 136 Å². The quantitative estimate of drug-likeness (QED) is 0.939. The smallest absolute Gasteiger partial charge is 0.289 e. The summed E-state index contributed by atoms with van der Waals surface area (Å²) in [5, 5.41) is 10.5. The van der Waals surface area contributed by atoms with E-state index in [0.29, 0.717) is 18.8 Å². The third kappa shape index (κ3) is 3.46. The van der Waals surface area contributed by atoms with Gasteiger partial charge in [0.05, 0.1) is 12.4 Å². The molecule has 1 N–H and O–H groups in total. The third-order valence-electron chi connectivity index (χ3n) is 4.51. The van der Waals surface area contributed by atoms with E-state index in [-0.39, 0.29) is 11.9 Å². The van der Waals surface area contributed by atoms with Gasteiger partial charge < -0.3 is 14.4 Å².